The lowest BCUT2D eigenvalue weighted by Gasteiger charge is -2.42. The zero-order chi connectivity index (χ0) is 15.4. The summed E-state index contributed by atoms with van der Waals surface area (Å²) in [4.78, 5) is 33.1. The van der Waals surface area contributed by atoms with Crippen molar-refractivity contribution in [3.8, 4) is 0 Å². The number of hydrogen-bond acceptors (Lipinski definition) is 6. The number of carbonyl (C=O) groups excluding carboxylic acids is 1. The van der Waals surface area contributed by atoms with Gasteiger partial charge in [0.15, 0.2) is 0 Å². The molecular weight excluding hydrogens is 256 g/mol. The molecular formula is C11H16N2O6. The molecule has 1 N–H and O–H groups in total. The van der Waals surface area contributed by atoms with Crippen molar-refractivity contribution in [2.75, 3.05) is 0 Å². The molecule has 0 spiro atoms. The first-order chi connectivity index (χ1) is 8.36. The maximum atomic E-state index is 12.3. The summed E-state index contributed by atoms with van der Waals surface area (Å²) in [5, 5.41) is 32.8. The summed E-state index contributed by atoms with van der Waals surface area (Å²) in [7, 11) is 0. The predicted octanol–water partition coefficient (Wildman–Crippen LogP) is 0.727. The van der Waals surface area contributed by atoms with Gasteiger partial charge in [0.1, 0.15) is 5.60 Å². The lowest BCUT2D eigenvalue weighted by atomic mass is 9.61. The number of hydrogen-bond donors (Lipinski definition) is 1. The van der Waals surface area contributed by atoms with Crippen LogP contribution in [0, 0.1) is 20.2 Å². The van der Waals surface area contributed by atoms with E-state index in [1.54, 1.807) is 0 Å². The van der Waals surface area contributed by atoms with Crippen LogP contribution >= 0.6 is 0 Å². The normalized spacial score (nSPS) is 39.4. The second kappa shape index (κ2) is 3.83. The molecule has 1 aliphatic rings. The molecule has 106 valence electrons. The van der Waals surface area contributed by atoms with Gasteiger partial charge in [-0.3, -0.25) is 25.0 Å². The summed E-state index contributed by atoms with van der Waals surface area (Å²) in [6, 6.07) is 0. The van der Waals surface area contributed by atoms with Crippen molar-refractivity contribution in [1.29, 1.82) is 0 Å². The van der Waals surface area contributed by atoms with Gasteiger partial charge in [-0.25, -0.2) is 0 Å². The Morgan fingerprint density at radius 2 is 1.32 bits per heavy atom. The minimum Gasteiger partial charge on any atom is -0.378 e. The largest absolute Gasteiger partial charge is 0.378 e. The summed E-state index contributed by atoms with van der Waals surface area (Å²) in [6.07, 6.45) is 0. The summed E-state index contributed by atoms with van der Waals surface area (Å²) < 4.78 is 0. The first-order valence-electron chi connectivity index (χ1n) is 5.61. The SMILES string of the molecule is CC1=C(C)C(C)([N+](=O)[O-])C(C)([N+](=O)[O-])C(=O)C1(C)O. The van der Waals surface area contributed by atoms with Gasteiger partial charge in [0.25, 0.3) is 5.78 Å². The number of nitro groups is 2. The van der Waals surface area contributed by atoms with Gasteiger partial charge >= 0.3 is 11.1 Å². The Kier molecular flexibility index (Phi) is 3.07. The number of ketones is 1. The third-order valence-electron chi connectivity index (χ3n) is 4.59. The Morgan fingerprint density at radius 1 is 0.947 bits per heavy atom. The first-order valence-corrected chi connectivity index (χ1v) is 5.61. The second-order valence-corrected chi connectivity index (χ2v) is 5.31. The van der Waals surface area contributed by atoms with E-state index in [2.05, 4.69) is 0 Å². The third-order valence-corrected chi connectivity index (χ3v) is 4.59. The van der Waals surface area contributed by atoms with Crippen LogP contribution in [0.2, 0.25) is 0 Å². The zero-order valence-electron chi connectivity index (χ0n) is 11.4. The number of carbonyl (C=O) groups is 1. The second-order valence-electron chi connectivity index (χ2n) is 5.31. The van der Waals surface area contributed by atoms with E-state index in [1.165, 1.54) is 13.8 Å². The molecule has 1 rings (SSSR count). The molecule has 0 saturated carbocycles. The third kappa shape index (κ3) is 1.46. The van der Waals surface area contributed by atoms with Gasteiger partial charge in [-0.15, -0.1) is 0 Å². The highest BCUT2D eigenvalue weighted by molar-refractivity contribution is 5.99. The maximum Gasteiger partial charge on any atom is 0.351 e. The van der Waals surface area contributed by atoms with Gasteiger partial charge in [0, 0.05) is 29.3 Å². The minimum atomic E-state index is -2.52. The minimum absolute atomic E-state index is 0.0290. The maximum absolute atomic E-state index is 12.3. The van der Waals surface area contributed by atoms with E-state index in [0.717, 1.165) is 20.8 Å². The highest BCUT2D eigenvalue weighted by Crippen LogP contribution is 2.46. The molecule has 8 nitrogen and oxygen atoms in total. The van der Waals surface area contributed by atoms with E-state index in [0.29, 0.717) is 0 Å². The number of aliphatic hydroxyl groups is 1. The highest BCUT2D eigenvalue weighted by Gasteiger charge is 2.76. The van der Waals surface area contributed by atoms with Crippen LogP contribution in [-0.4, -0.2) is 37.4 Å². The van der Waals surface area contributed by atoms with Crippen LogP contribution in [0.15, 0.2) is 11.1 Å². The average molecular weight is 272 g/mol. The fourth-order valence-electron chi connectivity index (χ4n) is 2.54. The van der Waals surface area contributed by atoms with E-state index >= 15 is 0 Å². The lowest BCUT2D eigenvalue weighted by molar-refractivity contribution is -0.660. The van der Waals surface area contributed by atoms with Crippen LogP contribution in [0.3, 0.4) is 0 Å². The average Bonchev–Trinajstić information content (AvgIpc) is 2.31. The van der Waals surface area contributed by atoms with Crippen molar-refractivity contribution in [2.24, 2.45) is 0 Å². The topological polar surface area (TPSA) is 124 Å². The molecule has 0 aromatic rings. The molecule has 1 aliphatic carbocycles. The van der Waals surface area contributed by atoms with Crippen molar-refractivity contribution >= 4 is 5.78 Å². The monoisotopic (exact) mass is 272 g/mol. The molecule has 0 bridgehead atoms. The van der Waals surface area contributed by atoms with Crippen molar-refractivity contribution in [3.05, 3.63) is 31.4 Å². The van der Waals surface area contributed by atoms with E-state index < -0.39 is 32.3 Å². The van der Waals surface area contributed by atoms with Gasteiger partial charge in [-0.1, -0.05) is 0 Å². The molecule has 3 unspecified atom stereocenters. The Morgan fingerprint density at radius 3 is 1.63 bits per heavy atom. The highest BCUT2D eigenvalue weighted by atomic mass is 16.7. The van der Waals surface area contributed by atoms with Gasteiger partial charge in [-0.2, -0.15) is 0 Å². The van der Waals surface area contributed by atoms with Crippen LogP contribution < -0.4 is 0 Å². The van der Waals surface area contributed by atoms with Crippen molar-refractivity contribution in [1.82, 2.24) is 0 Å². The molecule has 0 aromatic heterocycles. The van der Waals surface area contributed by atoms with E-state index in [-0.39, 0.29) is 11.1 Å². The number of rotatable bonds is 2. The van der Waals surface area contributed by atoms with Crippen LogP contribution in [0.1, 0.15) is 34.6 Å². The number of Topliss-reactive ketones (excluding diaryl/α,β-unsaturated/α-hetero) is 1. The molecule has 19 heavy (non-hydrogen) atoms. The first kappa shape index (κ1) is 15.2. The van der Waals surface area contributed by atoms with E-state index in [1.807, 2.05) is 0 Å². The quantitative estimate of drug-likeness (QED) is 0.449. The Labute approximate surface area is 109 Å². The number of nitrogens with zero attached hydrogens (tertiary/aromatic N) is 2. The molecule has 8 heteroatoms. The van der Waals surface area contributed by atoms with Crippen LogP contribution in [0.25, 0.3) is 0 Å². The molecule has 0 fully saturated rings. The summed E-state index contributed by atoms with van der Waals surface area (Å²) in [5.41, 5.74) is -6.69. The van der Waals surface area contributed by atoms with E-state index in [9.17, 15) is 30.1 Å². The molecule has 0 saturated heterocycles. The standard InChI is InChI=1S/C11H16N2O6/c1-6-7(2)10(4,12(16)17)11(5,13(18)19)8(14)9(6,3)15/h15H,1-5H3. The smallest absolute Gasteiger partial charge is 0.351 e. The van der Waals surface area contributed by atoms with Crippen LogP contribution in [0.5, 0.6) is 0 Å². The van der Waals surface area contributed by atoms with Crippen molar-refractivity contribution < 1.29 is 19.7 Å². The molecule has 0 aromatic carbocycles. The van der Waals surface area contributed by atoms with Gasteiger partial charge in [0.05, 0.1) is 0 Å². The van der Waals surface area contributed by atoms with Crippen LogP contribution in [0.4, 0.5) is 0 Å². The van der Waals surface area contributed by atoms with Gasteiger partial charge in [0.2, 0.25) is 0 Å². The molecule has 0 amide bonds. The predicted molar refractivity (Wildman–Crippen MR) is 64.8 cm³/mol. The summed E-state index contributed by atoms with van der Waals surface area (Å²) in [5.74, 6) is -1.17. The summed E-state index contributed by atoms with van der Waals surface area (Å²) >= 11 is 0. The lowest BCUT2D eigenvalue weighted by Crippen LogP contribution is -2.72. The van der Waals surface area contributed by atoms with Crippen molar-refractivity contribution in [2.45, 2.75) is 51.3 Å². The van der Waals surface area contributed by atoms with Gasteiger partial charge in [-0.05, 0) is 26.3 Å². The molecule has 3 atom stereocenters. The fourth-order valence-corrected chi connectivity index (χ4v) is 2.54. The fraction of sp³-hybridized carbons (Fsp3) is 0.727. The van der Waals surface area contributed by atoms with E-state index in [4.69, 9.17) is 0 Å². The Hall–Kier alpha value is -1.83. The summed E-state index contributed by atoms with van der Waals surface area (Å²) in [6.45, 7) is 5.76. The van der Waals surface area contributed by atoms with Gasteiger partial charge < -0.3 is 5.11 Å². The molecule has 0 aliphatic heterocycles. The Balaban J connectivity index is 3.88. The molecule has 0 radical (unpaired) electrons. The zero-order valence-corrected chi connectivity index (χ0v) is 11.4. The Bertz CT molecular complexity index is 523. The molecule has 0 heterocycles. The van der Waals surface area contributed by atoms with Crippen LogP contribution in [-0.2, 0) is 4.79 Å². The van der Waals surface area contributed by atoms with Crippen molar-refractivity contribution in [3.63, 3.8) is 0 Å².